The molecule has 5 heteroatoms. The molecule has 2 N–H and O–H groups in total. The molecule has 1 saturated heterocycles. The van der Waals surface area contributed by atoms with E-state index in [4.69, 9.17) is 9.47 Å². The average Bonchev–Trinajstić information content (AvgIpc) is 3.06. The fraction of sp³-hybridized carbons (Fsp3) is 0.944. The minimum Gasteiger partial charge on any atom is -0.377 e. The fourth-order valence-corrected chi connectivity index (χ4v) is 3.67. The summed E-state index contributed by atoms with van der Waals surface area (Å²) in [4.78, 5) is 4.27. The second kappa shape index (κ2) is 10.9. The number of rotatable bonds is 8. The topological polar surface area (TPSA) is 54.9 Å². The van der Waals surface area contributed by atoms with E-state index in [0.29, 0.717) is 19.3 Å². The van der Waals surface area contributed by atoms with E-state index >= 15 is 0 Å². The summed E-state index contributed by atoms with van der Waals surface area (Å²) >= 11 is 0. The molecule has 0 spiro atoms. The molecule has 134 valence electrons. The Hall–Kier alpha value is -0.810. The van der Waals surface area contributed by atoms with E-state index < -0.39 is 0 Å². The first-order valence-electron chi connectivity index (χ1n) is 9.41. The Labute approximate surface area is 141 Å². The molecule has 3 unspecified atom stereocenters. The quantitative estimate of drug-likeness (QED) is 0.409. The third-order valence-corrected chi connectivity index (χ3v) is 4.98. The first kappa shape index (κ1) is 18.5. The van der Waals surface area contributed by atoms with E-state index in [9.17, 15) is 0 Å². The van der Waals surface area contributed by atoms with Gasteiger partial charge in [-0.25, -0.2) is 0 Å². The van der Waals surface area contributed by atoms with Gasteiger partial charge in [0.2, 0.25) is 0 Å². The molecule has 1 aliphatic heterocycles. The number of guanidine groups is 1. The molecule has 0 aromatic carbocycles. The molecule has 1 aliphatic carbocycles. The number of ether oxygens (including phenoxy) is 2. The highest BCUT2D eigenvalue weighted by Gasteiger charge is 2.18. The van der Waals surface area contributed by atoms with Gasteiger partial charge in [0.05, 0.1) is 19.3 Å². The van der Waals surface area contributed by atoms with E-state index in [1.54, 1.807) is 0 Å². The van der Waals surface area contributed by atoms with Crippen molar-refractivity contribution in [1.82, 2.24) is 10.6 Å². The van der Waals surface area contributed by atoms with E-state index in [-0.39, 0.29) is 0 Å². The minimum absolute atomic E-state index is 0.310. The molecule has 0 amide bonds. The summed E-state index contributed by atoms with van der Waals surface area (Å²) in [6.07, 6.45) is 9.48. The third kappa shape index (κ3) is 7.53. The minimum atomic E-state index is 0.310. The molecule has 0 aromatic rings. The van der Waals surface area contributed by atoms with Crippen LogP contribution in [0.1, 0.15) is 51.9 Å². The van der Waals surface area contributed by atoms with Gasteiger partial charge in [-0.05, 0) is 37.5 Å². The standard InChI is InChI=1S/C18H35N3O2/c1-15-5-3-6-16(13-15)8-9-20-18(19-2)21-10-12-22-14-17-7-4-11-23-17/h15-17H,3-14H2,1-2H3,(H2,19,20,21). The van der Waals surface area contributed by atoms with Crippen molar-refractivity contribution >= 4 is 5.96 Å². The van der Waals surface area contributed by atoms with Crippen molar-refractivity contribution in [2.24, 2.45) is 16.8 Å². The lowest BCUT2D eigenvalue weighted by molar-refractivity contribution is 0.0191. The number of nitrogens with zero attached hydrogens (tertiary/aromatic N) is 1. The second-order valence-corrected chi connectivity index (χ2v) is 7.06. The SMILES string of the molecule is CN=C(NCCOCC1CCCO1)NCCC1CCCC(C)C1. The molecule has 5 nitrogen and oxygen atoms in total. The zero-order chi connectivity index (χ0) is 16.3. The molecule has 1 heterocycles. The lowest BCUT2D eigenvalue weighted by atomic mass is 9.81. The number of hydrogen-bond donors (Lipinski definition) is 2. The van der Waals surface area contributed by atoms with Crippen LogP contribution in [-0.4, -0.2) is 52.0 Å². The van der Waals surface area contributed by atoms with Gasteiger partial charge < -0.3 is 20.1 Å². The van der Waals surface area contributed by atoms with Gasteiger partial charge in [-0.2, -0.15) is 0 Å². The molecule has 0 bridgehead atoms. The monoisotopic (exact) mass is 325 g/mol. The van der Waals surface area contributed by atoms with Crippen molar-refractivity contribution in [1.29, 1.82) is 0 Å². The van der Waals surface area contributed by atoms with Crippen molar-refractivity contribution in [3.05, 3.63) is 0 Å². The molecule has 1 saturated carbocycles. The van der Waals surface area contributed by atoms with Gasteiger partial charge in [0.15, 0.2) is 5.96 Å². The normalized spacial score (nSPS) is 28.8. The predicted molar refractivity (Wildman–Crippen MR) is 94.9 cm³/mol. The largest absolute Gasteiger partial charge is 0.377 e. The summed E-state index contributed by atoms with van der Waals surface area (Å²) in [5.74, 6) is 2.68. The number of nitrogens with one attached hydrogen (secondary N) is 2. The molecular formula is C18H35N3O2. The highest BCUT2D eigenvalue weighted by molar-refractivity contribution is 5.79. The summed E-state index contributed by atoms with van der Waals surface area (Å²) in [7, 11) is 1.82. The van der Waals surface area contributed by atoms with Crippen LogP contribution in [0.25, 0.3) is 0 Å². The van der Waals surface area contributed by atoms with Crippen molar-refractivity contribution < 1.29 is 9.47 Å². The molecule has 0 radical (unpaired) electrons. The first-order valence-corrected chi connectivity index (χ1v) is 9.41. The smallest absolute Gasteiger partial charge is 0.191 e. The lowest BCUT2D eigenvalue weighted by Gasteiger charge is -2.26. The van der Waals surface area contributed by atoms with E-state index in [0.717, 1.165) is 43.9 Å². The van der Waals surface area contributed by atoms with Crippen LogP contribution in [0.2, 0.25) is 0 Å². The summed E-state index contributed by atoms with van der Waals surface area (Å²) < 4.78 is 11.2. The van der Waals surface area contributed by atoms with Crippen LogP contribution >= 0.6 is 0 Å². The molecule has 23 heavy (non-hydrogen) atoms. The summed E-state index contributed by atoms with van der Waals surface area (Å²) in [5.41, 5.74) is 0. The molecule has 2 rings (SSSR count). The van der Waals surface area contributed by atoms with Crippen molar-refractivity contribution in [3.63, 3.8) is 0 Å². The first-order chi connectivity index (χ1) is 11.3. The Kier molecular flexibility index (Phi) is 8.76. The molecular weight excluding hydrogens is 290 g/mol. The van der Waals surface area contributed by atoms with E-state index in [2.05, 4.69) is 22.5 Å². The maximum Gasteiger partial charge on any atom is 0.191 e. The van der Waals surface area contributed by atoms with E-state index in [1.807, 2.05) is 7.05 Å². The average molecular weight is 325 g/mol. The van der Waals surface area contributed by atoms with Gasteiger partial charge in [-0.1, -0.05) is 26.2 Å². The maximum absolute atomic E-state index is 5.65. The van der Waals surface area contributed by atoms with Crippen LogP contribution < -0.4 is 10.6 Å². The van der Waals surface area contributed by atoms with Crippen molar-refractivity contribution in [3.8, 4) is 0 Å². The Bertz CT molecular complexity index is 343. The molecule has 0 aromatic heterocycles. The van der Waals surface area contributed by atoms with Gasteiger partial charge in [-0.3, -0.25) is 4.99 Å². The Morgan fingerprint density at radius 1 is 1.17 bits per heavy atom. The van der Waals surface area contributed by atoms with Gasteiger partial charge >= 0.3 is 0 Å². The zero-order valence-corrected chi connectivity index (χ0v) is 15.0. The van der Waals surface area contributed by atoms with Crippen molar-refractivity contribution in [2.45, 2.75) is 58.0 Å². The Balaban J connectivity index is 1.47. The number of aliphatic imine (C=N–C) groups is 1. The second-order valence-electron chi connectivity index (χ2n) is 7.06. The van der Waals surface area contributed by atoms with Crippen LogP contribution in [-0.2, 0) is 9.47 Å². The van der Waals surface area contributed by atoms with Gasteiger partial charge in [-0.15, -0.1) is 0 Å². The number of hydrogen-bond acceptors (Lipinski definition) is 3. The predicted octanol–water partition coefficient (Wildman–Crippen LogP) is 2.56. The highest BCUT2D eigenvalue weighted by atomic mass is 16.5. The van der Waals surface area contributed by atoms with Crippen LogP contribution in [0, 0.1) is 11.8 Å². The van der Waals surface area contributed by atoms with E-state index in [1.165, 1.54) is 38.5 Å². The van der Waals surface area contributed by atoms with Crippen LogP contribution in [0.4, 0.5) is 0 Å². The van der Waals surface area contributed by atoms with Gasteiger partial charge in [0.25, 0.3) is 0 Å². The third-order valence-electron chi connectivity index (χ3n) is 4.98. The van der Waals surface area contributed by atoms with Gasteiger partial charge in [0.1, 0.15) is 0 Å². The lowest BCUT2D eigenvalue weighted by Crippen LogP contribution is -2.40. The van der Waals surface area contributed by atoms with Gasteiger partial charge in [0, 0.05) is 26.7 Å². The Morgan fingerprint density at radius 2 is 2.04 bits per heavy atom. The van der Waals surface area contributed by atoms with Crippen LogP contribution in [0.15, 0.2) is 4.99 Å². The molecule has 3 atom stereocenters. The maximum atomic E-state index is 5.65. The zero-order valence-electron chi connectivity index (χ0n) is 15.0. The van der Waals surface area contributed by atoms with Crippen LogP contribution in [0.5, 0.6) is 0 Å². The molecule has 2 fully saturated rings. The Morgan fingerprint density at radius 3 is 2.78 bits per heavy atom. The fourth-order valence-electron chi connectivity index (χ4n) is 3.67. The summed E-state index contributed by atoms with van der Waals surface area (Å²) in [6, 6.07) is 0. The van der Waals surface area contributed by atoms with Crippen molar-refractivity contribution in [2.75, 3.05) is 40.0 Å². The van der Waals surface area contributed by atoms with Crippen LogP contribution in [0.3, 0.4) is 0 Å². The molecule has 2 aliphatic rings. The summed E-state index contributed by atoms with van der Waals surface area (Å²) in [6.45, 7) is 6.48. The summed E-state index contributed by atoms with van der Waals surface area (Å²) in [5, 5.41) is 6.74. The highest BCUT2D eigenvalue weighted by Crippen LogP contribution is 2.30.